The quantitative estimate of drug-likeness (QED) is 0.823. The third-order valence-electron chi connectivity index (χ3n) is 3.64. The van der Waals surface area contributed by atoms with Crippen LogP contribution in [0.3, 0.4) is 0 Å². The molecule has 1 aromatic rings. The number of carbonyl (C=O) groups excluding carboxylic acids is 1. The molecule has 3 N–H and O–H groups in total. The fourth-order valence-electron chi connectivity index (χ4n) is 2.36. The van der Waals surface area contributed by atoms with Gasteiger partial charge in [0.05, 0.1) is 16.7 Å². The Hall–Kier alpha value is -1.95. The molecule has 19 heavy (non-hydrogen) atoms. The lowest BCUT2D eigenvalue weighted by Gasteiger charge is -2.21. The summed E-state index contributed by atoms with van der Waals surface area (Å²) in [5.74, 6) is -1.30. The lowest BCUT2D eigenvalue weighted by molar-refractivity contribution is -0.126. The number of hydrogen-bond acceptors (Lipinski definition) is 4. The van der Waals surface area contributed by atoms with Gasteiger partial charge in [0.15, 0.2) is 0 Å². The van der Waals surface area contributed by atoms with Gasteiger partial charge in [0.25, 0.3) is 0 Å². The predicted octanol–water partition coefficient (Wildman–Crippen LogP) is 0.477. The number of pyridine rings is 1. The number of carbonyl (C=O) groups is 2. The molecule has 1 fully saturated rings. The molecule has 0 aromatic carbocycles. The van der Waals surface area contributed by atoms with Crippen LogP contribution in [0.1, 0.15) is 29.4 Å². The SMILES string of the molecule is CC1(C(N)=O)CCN(Cc2ncccc2C(=O)O)C1. The molecule has 1 aliphatic rings. The van der Waals surface area contributed by atoms with Gasteiger partial charge in [0.2, 0.25) is 5.91 Å². The van der Waals surface area contributed by atoms with Crippen molar-refractivity contribution < 1.29 is 14.7 Å². The monoisotopic (exact) mass is 263 g/mol. The molecule has 0 saturated carbocycles. The molecule has 2 heterocycles. The van der Waals surface area contributed by atoms with Gasteiger partial charge in [0.1, 0.15) is 0 Å². The van der Waals surface area contributed by atoms with Crippen LogP contribution in [-0.2, 0) is 11.3 Å². The first-order valence-corrected chi connectivity index (χ1v) is 6.12. The Labute approximate surface area is 111 Å². The van der Waals surface area contributed by atoms with Crippen LogP contribution in [0.4, 0.5) is 0 Å². The van der Waals surface area contributed by atoms with Gasteiger partial charge in [-0.3, -0.25) is 14.7 Å². The lowest BCUT2D eigenvalue weighted by Crippen LogP contribution is -2.37. The maximum atomic E-state index is 11.4. The van der Waals surface area contributed by atoms with Crippen LogP contribution in [0, 0.1) is 5.41 Å². The molecule has 1 aromatic heterocycles. The molecule has 6 heteroatoms. The summed E-state index contributed by atoms with van der Waals surface area (Å²) in [5, 5.41) is 9.10. The molecule has 102 valence electrons. The normalized spacial score (nSPS) is 23.4. The van der Waals surface area contributed by atoms with Gasteiger partial charge in [-0.2, -0.15) is 0 Å². The van der Waals surface area contributed by atoms with Gasteiger partial charge in [-0.25, -0.2) is 4.79 Å². The molecule has 0 bridgehead atoms. The fourth-order valence-corrected chi connectivity index (χ4v) is 2.36. The number of rotatable bonds is 4. The molecule has 1 aliphatic heterocycles. The molecule has 0 aliphatic carbocycles. The highest BCUT2D eigenvalue weighted by Gasteiger charge is 2.38. The highest BCUT2D eigenvalue weighted by Crippen LogP contribution is 2.30. The Bertz CT molecular complexity index is 518. The van der Waals surface area contributed by atoms with E-state index >= 15 is 0 Å². The second kappa shape index (κ2) is 4.97. The minimum Gasteiger partial charge on any atom is -0.478 e. The van der Waals surface area contributed by atoms with Crippen LogP contribution >= 0.6 is 0 Å². The van der Waals surface area contributed by atoms with Crippen molar-refractivity contribution in [3.63, 3.8) is 0 Å². The van der Waals surface area contributed by atoms with E-state index in [1.54, 1.807) is 12.3 Å². The number of nitrogens with zero attached hydrogens (tertiary/aromatic N) is 2. The lowest BCUT2D eigenvalue weighted by atomic mass is 9.89. The molecule has 2 rings (SSSR count). The summed E-state index contributed by atoms with van der Waals surface area (Å²) in [6.07, 6.45) is 2.27. The smallest absolute Gasteiger partial charge is 0.337 e. The Morgan fingerprint density at radius 3 is 2.89 bits per heavy atom. The number of nitrogens with two attached hydrogens (primary N) is 1. The van der Waals surface area contributed by atoms with Crippen LogP contribution in [0.25, 0.3) is 0 Å². The van der Waals surface area contributed by atoms with E-state index in [-0.39, 0.29) is 11.5 Å². The summed E-state index contributed by atoms with van der Waals surface area (Å²) >= 11 is 0. The number of hydrogen-bond donors (Lipinski definition) is 2. The van der Waals surface area contributed by atoms with E-state index < -0.39 is 11.4 Å². The van der Waals surface area contributed by atoms with Gasteiger partial charge < -0.3 is 10.8 Å². The predicted molar refractivity (Wildman–Crippen MR) is 68.4 cm³/mol. The minimum absolute atomic E-state index is 0.204. The Morgan fingerprint density at radius 2 is 2.32 bits per heavy atom. The average molecular weight is 263 g/mol. The molecule has 1 atom stereocenters. The number of carboxylic acid groups (broad SMARTS) is 1. The summed E-state index contributed by atoms with van der Waals surface area (Å²) in [6, 6.07) is 3.14. The van der Waals surface area contributed by atoms with E-state index in [2.05, 4.69) is 4.98 Å². The van der Waals surface area contributed by atoms with Crippen molar-refractivity contribution in [3.8, 4) is 0 Å². The number of aromatic nitrogens is 1. The molecular formula is C13H17N3O3. The van der Waals surface area contributed by atoms with Crippen molar-refractivity contribution in [2.75, 3.05) is 13.1 Å². The van der Waals surface area contributed by atoms with Gasteiger partial charge in [-0.1, -0.05) is 0 Å². The Kier molecular flexibility index (Phi) is 3.53. The fraction of sp³-hybridized carbons (Fsp3) is 0.462. The molecule has 0 spiro atoms. The maximum absolute atomic E-state index is 11.4. The molecule has 6 nitrogen and oxygen atoms in total. The Balaban J connectivity index is 2.12. The summed E-state index contributed by atoms with van der Waals surface area (Å²) in [4.78, 5) is 28.6. The first kappa shape index (κ1) is 13.5. The molecular weight excluding hydrogens is 246 g/mol. The summed E-state index contributed by atoms with van der Waals surface area (Å²) in [5.41, 5.74) is 5.58. The second-order valence-corrected chi connectivity index (χ2v) is 5.19. The number of amides is 1. The van der Waals surface area contributed by atoms with Gasteiger partial charge in [-0.15, -0.1) is 0 Å². The van der Waals surface area contributed by atoms with Crippen LogP contribution in [0.5, 0.6) is 0 Å². The second-order valence-electron chi connectivity index (χ2n) is 5.19. The van der Waals surface area contributed by atoms with E-state index in [1.807, 2.05) is 11.8 Å². The van der Waals surface area contributed by atoms with E-state index in [0.717, 1.165) is 6.54 Å². The highest BCUT2D eigenvalue weighted by molar-refractivity contribution is 5.88. The number of aromatic carboxylic acids is 1. The van der Waals surface area contributed by atoms with Crippen LogP contribution in [0.15, 0.2) is 18.3 Å². The van der Waals surface area contributed by atoms with Crippen molar-refractivity contribution in [2.45, 2.75) is 19.9 Å². The van der Waals surface area contributed by atoms with Crippen LogP contribution in [-0.4, -0.2) is 40.0 Å². The van der Waals surface area contributed by atoms with Crippen molar-refractivity contribution >= 4 is 11.9 Å². The van der Waals surface area contributed by atoms with Crippen molar-refractivity contribution in [1.82, 2.24) is 9.88 Å². The van der Waals surface area contributed by atoms with E-state index in [0.29, 0.717) is 25.2 Å². The first-order valence-electron chi connectivity index (χ1n) is 6.12. The van der Waals surface area contributed by atoms with Crippen LogP contribution < -0.4 is 5.73 Å². The zero-order chi connectivity index (χ0) is 14.0. The largest absolute Gasteiger partial charge is 0.478 e. The molecule has 1 saturated heterocycles. The van der Waals surface area contributed by atoms with Crippen LogP contribution in [0.2, 0.25) is 0 Å². The summed E-state index contributed by atoms with van der Waals surface area (Å²) in [6.45, 7) is 3.52. The van der Waals surface area contributed by atoms with E-state index in [9.17, 15) is 9.59 Å². The average Bonchev–Trinajstić information content (AvgIpc) is 2.73. The number of carboxylic acids is 1. The minimum atomic E-state index is -0.986. The molecule has 1 amide bonds. The third kappa shape index (κ3) is 2.73. The van der Waals surface area contributed by atoms with E-state index in [4.69, 9.17) is 10.8 Å². The third-order valence-corrected chi connectivity index (χ3v) is 3.64. The number of primary amides is 1. The molecule has 0 radical (unpaired) electrons. The number of likely N-dealkylation sites (tertiary alicyclic amines) is 1. The van der Waals surface area contributed by atoms with Crippen molar-refractivity contribution in [2.24, 2.45) is 11.1 Å². The standard InChI is InChI=1S/C13H17N3O3/c1-13(12(14)19)4-6-16(8-13)7-10-9(11(17)18)3-2-5-15-10/h2-3,5H,4,6-8H2,1H3,(H2,14,19)(H,17,18). The zero-order valence-electron chi connectivity index (χ0n) is 10.8. The van der Waals surface area contributed by atoms with Crippen molar-refractivity contribution in [3.05, 3.63) is 29.6 Å². The van der Waals surface area contributed by atoms with Gasteiger partial charge >= 0.3 is 5.97 Å². The van der Waals surface area contributed by atoms with Gasteiger partial charge in [0, 0.05) is 19.3 Å². The maximum Gasteiger partial charge on any atom is 0.337 e. The highest BCUT2D eigenvalue weighted by atomic mass is 16.4. The van der Waals surface area contributed by atoms with E-state index in [1.165, 1.54) is 6.07 Å². The van der Waals surface area contributed by atoms with Crippen molar-refractivity contribution in [1.29, 1.82) is 0 Å². The summed E-state index contributed by atoms with van der Waals surface area (Å²) < 4.78 is 0. The first-order chi connectivity index (χ1) is 8.92. The Morgan fingerprint density at radius 1 is 1.58 bits per heavy atom. The summed E-state index contributed by atoms with van der Waals surface area (Å²) in [7, 11) is 0. The molecule has 1 unspecified atom stereocenters. The van der Waals surface area contributed by atoms with Gasteiger partial charge in [-0.05, 0) is 32.0 Å². The zero-order valence-corrected chi connectivity index (χ0v) is 10.8. The topological polar surface area (TPSA) is 96.5 Å².